The molecule has 3 heterocycles. The molecular weight excluding hydrogens is 338 g/mol. The molecule has 0 unspecified atom stereocenters. The number of carbonyl (C=O) groups excluding carboxylic acids is 1. The maximum atomic E-state index is 12.8. The number of hydrogen-bond donors (Lipinski definition) is 0. The van der Waals surface area contributed by atoms with Crippen molar-refractivity contribution in [2.24, 2.45) is 0 Å². The lowest BCUT2D eigenvalue weighted by molar-refractivity contribution is 0.0646. The van der Waals surface area contributed by atoms with E-state index in [1.54, 1.807) is 18.4 Å². The molecule has 1 aromatic heterocycles. The first kappa shape index (κ1) is 16.3. The number of rotatable bonds is 4. The first-order valence-corrected chi connectivity index (χ1v) is 9.03. The molecule has 130 valence electrons. The Morgan fingerprint density at radius 3 is 3.08 bits per heavy atom. The number of nitrogens with zero attached hydrogens (tertiary/aromatic N) is 1. The van der Waals surface area contributed by atoms with Crippen LogP contribution in [0.5, 0.6) is 11.5 Å². The predicted molar refractivity (Wildman–Crippen MR) is 96.2 cm³/mol. The molecule has 4 rings (SSSR count). The number of benzene rings is 1. The Labute approximate surface area is 150 Å². The van der Waals surface area contributed by atoms with E-state index in [-0.39, 0.29) is 5.78 Å². The molecule has 0 saturated heterocycles. The molecule has 0 fully saturated rings. The average Bonchev–Trinajstić information content (AvgIpc) is 3.23. The fraction of sp³-hybridized carbons (Fsp3) is 0.316. The summed E-state index contributed by atoms with van der Waals surface area (Å²) in [6.07, 6.45) is 1.81. The summed E-state index contributed by atoms with van der Waals surface area (Å²) in [5.74, 6) is 1.76. The third-order valence-electron chi connectivity index (χ3n) is 4.42. The molecule has 0 amide bonds. The monoisotopic (exact) mass is 357 g/mol. The summed E-state index contributed by atoms with van der Waals surface area (Å²) in [7, 11) is 1.68. The zero-order chi connectivity index (χ0) is 17.4. The van der Waals surface area contributed by atoms with Crippen LogP contribution in [0.3, 0.4) is 0 Å². The lowest BCUT2D eigenvalue weighted by Crippen LogP contribution is -2.34. The van der Waals surface area contributed by atoms with Gasteiger partial charge in [0, 0.05) is 31.2 Å². The minimum atomic E-state index is -0.0577. The molecule has 1 aromatic carbocycles. The second kappa shape index (κ2) is 6.63. The van der Waals surface area contributed by atoms with Crippen molar-refractivity contribution in [2.45, 2.75) is 13.5 Å². The normalized spacial score (nSPS) is 18.0. The van der Waals surface area contributed by atoms with E-state index in [2.05, 4.69) is 4.90 Å². The molecule has 0 atom stereocenters. The van der Waals surface area contributed by atoms with Gasteiger partial charge in [0.25, 0.3) is 0 Å². The molecule has 0 spiro atoms. The van der Waals surface area contributed by atoms with Crippen molar-refractivity contribution < 1.29 is 19.0 Å². The van der Waals surface area contributed by atoms with Crippen molar-refractivity contribution >= 4 is 23.2 Å². The third kappa shape index (κ3) is 2.97. The SMILES string of the molecule is COCCN1COc2cc(C)c3c(c2C1)O/C(=C\c1cccs1)C3=O. The number of Topliss-reactive ketones (excluding diaryl/α,β-unsaturated/α-hetero) is 1. The van der Waals surface area contributed by atoms with E-state index in [0.717, 1.165) is 28.3 Å². The Balaban J connectivity index is 1.70. The Hall–Kier alpha value is -2.15. The van der Waals surface area contributed by atoms with Crippen LogP contribution in [0.1, 0.15) is 26.4 Å². The van der Waals surface area contributed by atoms with E-state index < -0.39 is 0 Å². The summed E-state index contributed by atoms with van der Waals surface area (Å²) in [5.41, 5.74) is 2.48. The molecule has 2 aromatic rings. The molecule has 25 heavy (non-hydrogen) atoms. The number of allylic oxidation sites excluding steroid dienone is 1. The number of methoxy groups -OCH3 is 1. The smallest absolute Gasteiger partial charge is 0.232 e. The number of hydrogen-bond acceptors (Lipinski definition) is 6. The Bertz CT molecular complexity index is 842. The highest BCUT2D eigenvalue weighted by Crippen LogP contribution is 2.44. The van der Waals surface area contributed by atoms with Gasteiger partial charge in [0.15, 0.2) is 5.76 Å². The second-order valence-corrected chi connectivity index (χ2v) is 7.13. The Morgan fingerprint density at radius 2 is 2.32 bits per heavy atom. The minimum absolute atomic E-state index is 0.0577. The van der Waals surface area contributed by atoms with Gasteiger partial charge >= 0.3 is 0 Å². The van der Waals surface area contributed by atoms with Crippen LogP contribution in [0.4, 0.5) is 0 Å². The van der Waals surface area contributed by atoms with E-state index in [1.165, 1.54) is 0 Å². The summed E-state index contributed by atoms with van der Waals surface area (Å²) in [6, 6.07) is 5.87. The summed E-state index contributed by atoms with van der Waals surface area (Å²) < 4.78 is 17.0. The van der Waals surface area contributed by atoms with Crippen LogP contribution in [-0.4, -0.2) is 37.7 Å². The molecule has 0 N–H and O–H groups in total. The van der Waals surface area contributed by atoms with Gasteiger partial charge in [-0.2, -0.15) is 0 Å². The zero-order valence-corrected chi connectivity index (χ0v) is 15.0. The number of ether oxygens (including phenoxy) is 3. The van der Waals surface area contributed by atoms with Crippen molar-refractivity contribution in [3.8, 4) is 11.5 Å². The molecule has 2 aliphatic heterocycles. The van der Waals surface area contributed by atoms with Gasteiger partial charge in [0.1, 0.15) is 18.2 Å². The highest BCUT2D eigenvalue weighted by atomic mass is 32.1. The van der Waals surface area contributed by atoms with E-state index in [1.807, 2.05) is 36.6 Å². The first-order chi connectivity index (χ1) is 12.2. The number of carbonyl (C=O) groups is 1. The fourth-order valence-electron chi connectivity index (χ4n) is 3.14. The highest BCUT2D eigenvalue weighted by molar-refractivity contribution is 7.10. The number of aryl methyl sites for hydroxylation is 1. The van der Waals surface area contributed by atoms with Crippen LogP contribution in [0.15, 0.2) is 29.3 Å². The topological polar surface area (TPSA) is 48.0 Å². The van der Waals surface area contributed by atoms with Crippen molar-refractivity contribution in [1.82, 2.24) is 4.90 Å². The first-order valence-electron chi connectivity index (χ1n) is 8.15. The van der Waals surface area contributed by atoms with Gasteiger partial charge in [0.2, 0.25) is 5.78 Å². The predicted octanol–water partition coefficient (Wildman–Crippen LogP) is 3.47. The third-order valence-corrected chi connectivity index (χ3v) is 5.24. The second-order valence-electron chi connectivity index (χ2n) is 6.15. The molecule has 2 aliphatic rings. The fourth-order valence-corrected chi connectivity index (χ4v) is 3.79. The van der Waals surface area contributed by atoms with E-state index >= 15 is 0 Å². The van der Waals surface area contributed by atoms with Crippen LogP contribution >= 0.6 is 11.3 Å². The van der Waals surface area contributed by atoms with Gasteiger partial charge in [-0.05, 0) is 30.0 Å². The maximum Gasteiger partial charge on any atom is 0.232 e. The molecule has 0 saturated carbocycles. The lowest BCUT2D eigenvalue weighted by Gasteiger charge is -2.29. The van der Waals surface area contributed by atoms with Crippen LogP contribution < -0.4 is 9.47 Å². The zero-order valence-electron chi connectivity index (χ0n) is 14.2. The van der Waals surface area contributed by atoms with E-state index in [4.69, 9.17) is 14.2 Å². The van der Waals surface area contributed by atoms with Gasteiger partial charge in [-0.25, -0.2) is 0 Å². The summed E-state index contributed by atoms with van der Waals surface area (Å²) >= 11 is 1.58. The molecular formula is C19H19NO4S. The van der Waals surface area contributed by atoms with E-state index in [0.29, 0.717) is 37.0 Å². The largest absolute Gasteiger partial charge is 0.478 e. The van der Waals surface area contributed by atoms with Crippen molar-refractivity contribution in [2.75, 3.05) is 27.0 Å². The molecule has 6 heteroatoms. The van der Waals surface area contributed by atoms with E-state index in [9.17, 15) is 4.79 Å². The van der Waals surface area contributed by atoms with Crippen molar-refractivity contribution in [1.29, 1.82) is 0 Å². The van der Waals surface area contributed by atoms with Crippen LogP contribution in [-0.2, 0) is 11.3 Å². The van der Waals surface area contributed by atoms with Crippen LogP contribution in [0.2, 0.25) is 0 Å². The van der Waals surface area contributed by atoms with Crippen molar-refractivity contribution in [3.05, 3.63) is 50.9 Å². The van der Waals surface area contributed by atoms with Gasteiger partial charge in [0.05, 0.1) is 17.7 Å². The standard InChI is InChI=1S/C19H19NO4S/c1-12-8-15-14(10-20(11-23-15)5-6-22-2)19-17(12)18(21)16(24-19)9-13-4-3-7-25-13/h3-4,7-9H,5-6,10-11H2,1-2H3/b16-9-. The molecule has 0 radical (unpaired) electrons. The van der Waals surface area contributed by atoms with Gasteiger partial charge in [-0.15, -0.1) is 11.3 Å². The van der Waals surface area contributed by atoms with Crippen LogP contribution in [0, 0.1) is 6.92 Å². The summed E-state index contributed by atoms with van der Waals surface area (Å²) in [5, 5.41) is 1.98. The summed E-state index contributed by atoms with van der Waals surface area (Å²) in [6.45, 7) is 4.52. The lowest BCUT2D eigenvalue weighted by atomic mass is 9.99. The molecule has 0 bridgehead atoms. The van der Waals surface area contributed by atoms with Crippen LogP contribution in [0.25, 0.3) is 6.08 Å². The molecule has 5 nitrogen and oxygen atoms in total. The highest BCUT2D eigenvalue weighted by Gasteiger charge is 2.35. The Morgan fingerprint density at radius 1 is 1.44 bits per heavy atom. The summed E-state index contributed by atoms with van der Waals surface area (Å²) in [4.78, 5) is 16.0. The quantitative estimate of drug-likeness (QED) is 0.784. The van der Waals surface area contributed by atoms with Gasteiger partial charge in [-0.1, -0.05) is 6.07 Å². The maximum absolute atomic E-state index is 12.8. The average molecular weight is 357 g/mol. The minimum Gasteiger partial charge on any atom is -0.478 e. The number of fused-ring (bicyclic) bond motifs is 3. The Kier molecular flexibility index (Phi) is 4.33. The molecule has 0 aliphatic carbocycles. The van der Waals surface area contributed by atoms with Crippen molar-refractivity contribution in [3.63, 3.8) is 0 Å². The number of thiophene rings is 1. The number of ketones is 1. The van der Waals surface area contributed by atoms with Gasteiger partial charge in [-0.3, -0.25) is 9.69 Å². The van der Waals surface area contributed by atoms with Gasteiger partial charge < -0.3 is 14.2 Å².